The van der Waals surface area contributed by atoms with Crippen LogP contribution >= 0.6 is 0 Å². The van der Waals surface area contributed by atoms with Crippen LogP contribution in [0.5, 0.6) is 0 Å². The van der Waals surface area contributed by atoms with E-state index in [0.29, 0.717) is 0 Å². The molecule has 0 amide bonds. The minimum absolute atomic E-state index is 0.0972. The minimum atomic E-state index is -5.38. The zero-order chi connectivity index (χ0) is 10.7. The largest absolute Gasteiger partial charge is 0.400 e. The van der Waals surface area contributed by atoms with Crippen LogP contribution in [0.3, 0.4) is 0 Å². The van der Waals surface area contributed by atoms with Crippen molar-refractivity contribution in [2.24, 2.45) is 5.92 Å². The number of alkyl halides is 6. The van der Waals surface area contributed by atoms with Crippen LogP contribution in [-0.4, -0.2) is 12.4 Å². The molecular weight excluding hydrogens is 200 g/mol. The van der Waals surface area contributed by atoms with E-state index in [4.69, 9.17) is 5.26 Å². The molecule has 0 aromatic carbocycles. The first-order valence-electron chi connectivity index (χ1n) is 3.03. The molecule has 13 heavy (non-hydrogen) atoms. The summed E-state index contributed by atoms with van der Waals surface area (Å²) in [5, 5.41) is 7.83. The number of rotatable bonds is 2. The molecule has 0 heterocycles. The first-order chi connectivity index (χ1) is 5.69. The first kappa shape index (κ1) is 12.1. The Balaban J connectivity index is 4.50. The maximum Gasteiger partial charge on any atom is 0.400 e. The molecule has 0 aliphatic heterocycles. The maximum atomic E-state index is 11.7. The van der Waals surface area contributed by atoms with E-state index in [0.717, 1.165) is 0 Å². The van der Waals surface area contributed by atoms with Gasteiger partial charge in [-0.3, -0.25) is 0 Å². The number of hydrogen-bond acceptors (Lipinski definition) is 1. The lowest BCUT2D eigenvalue weighted by molar-refractivity contribution is -0.273. The summed E-state index contributed by atoms with van der Waals surface area (Å²) in [6.07, 6.45) is -11.7. The third kappa shape index (κ3) is 4.01. The van der Waals surface area contributed by atoms with Gasteiger partial charge in [0, 0.05) is 6.42 Å². The van der Waals surface area contributed by atoms with E-state index in [1.54, 1.807) is 0 Å². The van der Waals surface area contributed by atoms with Crippen molar-refractivity contribution >= 4 is 0 Å². The Morgan fingerprint density at radius 3 is 1.69 bits per heavy atom. The van der Waals surface area contributed by atoms with Gasteiger partial charge in [-0.2, -0.15) is 31.6 Å². The Labute approximate surface area is 69.9 Å². The van der Waals surface area contributed by atoms with Crippen LogP contribution in [0.1, 0.15) is 6.42 Å². The molecule has 0 bridgehead atoms. The standard InChI is InChI=1S/C6H4F6N/c7-5(8,9)4(2-1-3-13)6(10,11)12/h2,4H,1H2. The Morgan fingerprint density at radius 2 is 1.46 bits per heavy atom. The third-order valence-corrected chi connectivity index (χ3v) is 1.15. The highest BCUT2D eigenvalue weighted by atomic mass is 19.4. The molecule has 0 saturated heterocycles. The second-order valence-electron chi connectivity index (χ2n) is 2.16. The fourth-order valence-corrected chi connectivity index (χ4v) is 0.623. The van der Waals surface area contributed by atoms with Crippen molar-refractivity contribution in [1.82, 2.24) is 0 Å². The molecule has 1 radical (unpaired) electrons. The molecule has 0 spiro atoms. The van der Waals surface area contributed by atoms with E-state index in [-0.39, 0.29) is 6.42 Å². The highest BCUT2D eigenvalue weighted by Gasteiger charge is 2.55. The van der Waals surface area contributed by atoms with Gasteiger partial charge in [0.2, 0.25) is 0 Å². The van der Waals surface area contributed by atoms with Gasteiger partial charge in [0.1, 0.15) is 0 Å². The number of hydrogen-bond donors (Lipinski definition) is 0. The summed E-state index contributed by atoms with van der Waals surface area (Å²) < 4.78 is 70.1. The quantitative estimate of drug-likeness (QED) is 0.634. The molecule has 0 aliphatic rings. The molecule has 7 heteroatoms. The van der Waals surface area contributed by atoms with Crippen LogP contribution in [-0.2, 0) is 0 Å². The fraction of sp³-hybridized carbons (Fsp3) is 0.667. The topological polar surface area (TPSA) is 23.8 Å². The molecule has 0 N–H and O–H groups in total. The van der Waals surface area contributed by atoms with Gasteiger partial charge in [-0.25, -0.2) is 0 Å². The Morgan fingerprint density at radius 1 is 1.08 bits per heavy atom. The first-order valence-corrected chi connectivity index (χ1v) is 3.03. The third-order valence-electron chi connectivity index (χ3n) is 1.15. The number of nitrogens with zero attached hydrogens (tertiary/aromatic N) is 1. The van der Waals surface area contributed by atoms with Gasteiger partial charge in [-0.1, -0.05) is 0 Å². The molecule has 0 unspecified atom stereocenters. The number of halogens is 6. The van der Waals surface area contributed by atoms with Gasteiger partial charge in [0.25, 0.3) is 0 Å². The zero-order valence-electron chi connectivity index (χ0n) is 6.08. The summed E-state index contributed by atoms with van der Waals surface area (Å²) >= 11 is 0. The highest BCUT2D eigenvalue weighted by molar-refractivity contribution is 4.93. The fourth-order valence-electron chi connectivity index (χ4n) is 0.623. The summed E-state index contributed by atoms with van der Waals surface area (Å²) in [4.78, 5) is 0. The van der Waals surface area contributed by atoms with Crippen LogP contribution in [0.2, 0.25) is 0 Å². The summed E-state index contributed by atoms with van der Waals surface area (Å²) in [6.45, 7) is 0. The van der Waals surface area contributed by atoms with Crippen LogP contribution in [0.15, 0.2) is 0 Å². The van der Waals surface area contributed by atoms with E-state index in [9.17, 15) is 26.3 Å². The van der Waals surface area contributed by atoms with E-state index >= 15 is 0 Å². The van der Waals surface area contributed by atoms with Crippen molar-refractivity contribution in [3.63, 3.8) is 0 Å². The monoisotopic (exact) mass is 204 g/mol. The van der Waals surface area contributed by atoms with Crippen molar-refractivity contribution in [2.45, 2.75) is 18.8 Å². The van der Waals surface area contributed by atoms with Crippen LogP contribution in [0, 0.1) is 23.7 Å². The Kier molecular flexibility index (Phi) is 3.58. The van der Waals surface area contributed by atoms with Crippen LogP contribution in [0.4, 0.5) is 26.3 Å². The molecule has 0 atom stereocenters. The lowest BCUT2D eigenvalue weighted by atomic mass is 10.0. The molecule has 75 valence electrons. The van der Waals surface area contributed by atoms with Crippen molar-refractivity contribution in [1.29, 1.82) is 5.26 Å². The summed E-state index contributed by atoms with van der Waals surface area (Å²) in [6, 6.07) is 1.19. The average molecular weight is 204 g/mol. The van der Waals surface area contributed by atoms with Crippen molar-refractivity contribution < 1.29 is 26.3 Å². The van der Waals surface area contributed by atoms with Gasteiger partial charge in [0.05, 0.1) is 6.07 Å². The van der Waals surface area contributed by atoms with Gasteiger partial charge in [-0.05, 0) is 6.42 Å². The Bertz CT molecular complexity index is 183. The molecule has 0 saturated carbocycles. The SMILES string of the molecule is N#CC[CH]C(C(F)(F)F)C(F)(F)F. The van der Waals surface area contributed by atoms with E-state index in [2.05, 4.69) is 0 Å². The lowest BCUT2D eigenvalue weighted by Crippen LogP contribution is -2.36. The average Bonchev–Trinajstić information content (AvgIpc) is 1.81. The van der Waals surface area contributed by atoms with Crippen LogP contribution < -0.4 is 0 Å². The van der Waals surface area contributed by atoms with Crippen molar-refractivity contribution in [3.8, 4) is 6.07 Å². The molecule has 1 nitrogen and oxygen atoms in total. The van der Waals surface area contributed by atoms with Gasteiger partial charge in [-0.15, -0.1) is 0 Å². The van der Waals surface area contributed by atoms with Crippen LogP contribution in [0.25, 0.3) is 0 Å². The normalized spacial score (nSPS) is 13.1. The molecule has 0 aromatic heterocycles. The lowest BCUT2D eigenvalue weighted by Gasteiger charge is -2.21. The van der Waals surface area contributed by atoms with E-state index in [1.165, 1.54) is 6.07 Å². The summed E-state index contributed by atoms with van der Waals surface area (Å²) in [7, 11) is 0. The second kappa shape index (κ2) is 3.85. The van der Waals surface area contributed by atoms with Crippen molar-refractivity contribution in [2.75, 3.05) is 0 Å². The zero-order valence-corrected chi connectivity index (χ0v) is 6.08. The molecular formula is C6H4F6N. The van der Waals surface area contributed by atoms with E-state index in [1.807, 2.05) is 0 Å². The maximum absolute atomic E-state index is 11.7. The van der Waals surface area contributed by atoms with Gasteiger partial charge in [0.15, 0.2) is 5.92 Å². The Hall–Kier alpha value is -0.930. The molecule has 0 fully saturated rings. The second-order valence-corrected chi connectivity index (χ2v) is 2.16. The van der Waals surface area contributed by atoms with E-state index < -0.39 is 24.7 Å². The predicted molar refractivity (Wildman–Crippen MR) is 30.1 cm³/mol. The van der Waals surface area contributed by atoms with Crippen molar-refractivity contribution in [3.05, 3.63) is 6.42 Å². The van der Waals surface area contributed by atoms with Gasteiger partial charge >= 0.3 is 12.4 Å². The molecule has 0 aliphatic carbocycles. The minimum Gasteiger partial charge on any atom is -0.198 e. The smallest absolute Gasteiger partial charge is 0.198 e. The highest BCUT2D eigenvalue weighted by Crippen LogP contribution is 2.41. The summed E-state index contributed by atoms with van der Waals surface area (Å²) in [5.74, 6) is -3.51. The predicted octanol–water partition coefficient (Wildman–Crippen LogP) is 2.85. The number of nitriles is 1. The summed E-state index contributed by atoms with van der Waals surface area (Å²) in [5.41, 5.74) is 0. The molecule has 0 aromatic rings. The van der Waals surface area contributed by atoms with Gasteiger partial charge < -0.3 is 0 Å². The molecule has 0 rings (SSSR count).